The van der Waals surface area contributed by atoms with Gasteiger partial charge in [0.15, 0.2) is 17.0 Å². The van der Waals surface area contributed by atoms with E-state index in [1.165, 1.54) is 0 Å². The highest BCUT2D eigenvalue weighted by molar-refractivity contribution is 7.59. The molecular weight excluding hydrogens is 575 g/mol. The second kappa shape index (κ2) is 18.1. The maximum absolute atomic E-state index is 14.2. The van der Waals surface area contributed by atoms with Crippen LogP contribution in [-0.2, 0) is 34.9 Å². The number of nitrogens with one attached hydrogen (secondary N) is 3. The molecule has 1 aliphatic rings. The Labute approximate surface area is 255 Å². The number of carbonyl (C=O) groups is 2. The number of unbranched alkanes of at least 4 members (excludes halogenated alkanes) is 2. The molecule has 0 bridgehead atoms. The average molecular weight is 627 g/mol. The maximum atomic E-state index is 14.2. The normalized spacial score (nSPS) is 15.7. The molecule has 0 aromatic carbocycles. The lowest BCUT2D eigenvalue weighted by molar-refractivity contribution is -0.146. The van der Waals surface area contributed by atoms with E-state index in [0.717, 1.165) is 38.5 Å². The fourth-order valence-electron chi connectivity index (χ4n) is 4.07. The third kappa shape index (κ3) is 11.3. The predicted molar refractivity (Wildman–Crippen MR) is 168 cm³/mol. The first-order valence-electron chi connectivity index (χ1n) is 15.0. The number of rotatable bonds is 21. The molecule has 0 spiro atoms. The quantitative estimate of drug-likeness (QED) is 0.0878. The van der Waals surface area contributed by atoms with Gasteiger partial charge in [0.25, 0.3) is 0 Å². The van der Waals surface area contributed by atoms with E-state index >= 15 is 0 Å². The van der Waals surface area contributed by atoms with Crippen LogP contribution in [0.15, 0.2) is 6.33 Å². The molecule has 1 aliphatic carbocycles. The molecule has 0 radical (unpaired) electrons. The molecule has 2 aromatic rings. The minimum Gasteiger partial charge on any atom is -0.465 e. The van der Waals surface area contributed by atoms with Crippen LogP contribution >= 0.6 is 7.44 Å². The summed E-state index contributed by atoms with van der Waals surface area (Å²) in [6, 6.07) is -1.31. The number of imidazole rings is 1. The van der Waals surface area contributed by atoms with Crippen molar-refractivity contribution >= 4 is 42.3 Å². The van der Waals surface area contributed by atoms with Crippen molar-refractivity contribution in [2.24, 2.45) is 0 Å². The van der Waals surface area contributed by atoms with Crippen molar-refractivity contribution in [3.63, 3.8) is 0 Å². The standard InChI is InChI=1S/C27H47N8O6P.CH4/c1-5-9-14-40-25(36)20(7-3)33-42(38,34-21(8-4)26(37)41-15-10-6-2)18-39-16-13-35-17-29-22-23(30-19-11-12-19)31-27(28)32-24(22)35;/h17,19-21H,5-16,18H2,1-4H3,(H2,33,34,38)(H3,28,30,31,32);1H4. The summed E-state index contributed by atoms with van der Waals surface area (Å²) in [5.41, 5.74) is 7.12. The van der Waals surface area contributed by atoms with Crippen LogP contribution in [0.1, 0.15) is 86.5 Å². The number of ether oxygens (including phenoxy) is 3. The molecule has 0 saturated heterocycles. The van der Waals surface area contributed by atoms with Gasteiger partial charge in [-0.1, -0.05) is 48.0 Å². The van der Waals surface area contributed by atoms with Crippen molar-refractivity contribution in [2.75, 3.05) is 37.2 Å². The number of nitrogens with two attached hydrogens (primary N) is 1. The summed E-state index contributed by atoms with van der Waals surface area (Å²) >= 11 is 0. The Morgan fingerprint density at radius 2 is 1.58 bits per heavy atom. The Morgan fingerprint density at radius 3 is 2.09 bits per heavy atom. The summed E-state index contributed by atoms with van der Waals surface area (Å²) in [6.07, 6.45) is 7.43. The topological polar surface area (TPSA) is 185 Å². The maximum Gasteiger partial charge on any atom is 0.323 e. The van der Waals surface area contributed by atoms with Crippen molar-refractivity contribution in [1.29, 1.82) is 0 Å². The number of anilines is 2. The summed E-state index contributed by atoms with van der Waals surface area (Å²) in [5, 5.41) is 9.19. The first kappa shape index (κ1) is 36.4. The van der Waals surface area contributed by atoms with E-state index in [4.69, 9.17) is 19.9 Å². The van der Waals surface area contributed by atoms with Crippen LogP contribution in [0, 0.1) is 0 Å². The van der Waals surface area contributed by atoms with E-state index in [-0.39, 0.29) is 39.5 Å². The van der Waals surface area contributed by atoms with Gasteiger partial charge in [0.05, 0.1) is 26.1 Å². The molecule has 15 heteroatoms. The fourth-order valence-corrected chi connectivity index (χ4v) is 6.27. The zero-order chi connectivity index (χ0) is 30.5. The molecule has 244 valence electrons. The lowest BCUT2D eigenvalue weighted by atomic mass is 10.2. The smallest absolute Gasteiger partial charge is 0.323 e. The minimum absolute atomic E-state index is 0. The summed E-state index contributed by atoms with van der Waals surface area (Å²) in [5.74, 6) is -0.252. The second-order valence-electron chi connectivity index (χ2n) is 10.5. The minimum atomic E-state index is -3.63. The molecule has 0 aliphatic heterocycles. The molecule has 43 heavy (non-hydrogen) atoms. The Balaban J connectivity index is 0.00000645. The summed E-state index contributed by atoms with van der Waals surface area (Å²) in [4.78, 5) is 38.5. The molecule has 2 heterocycles. The predicted octanol–water partition coefficient (Wildman–Crippen LogP) is 4.21. The Bertz CT molecular complexity index is 1170. The first-order chi connectivity index (χ1) is 20.2. The Hall–Kier alpha value is -2.80. The van der Waals surface area contributed by atoms with Crippen LogP contribution in [0.3, 0.4) is 0 Å². The van der Waals surface area contributed by atoms with Crippen LogP contribution in [0.4, 0.5) is 11.8 Å². The molecular formula is C28H51N8O6P. The van der Waals surface area contributed by atoms with Crippen molar-refractivity contribution in [1.82, 2.24) is 29.7 Å². The SMILES string of the molecule is C.CCCCOC(=O)C(CC)NP(=O)(COCCn1cnc2c(NC3CC3)nc(N)nc21)NC(CC)C(=O)OCCCC. The zero-order valence-electron chi connectivity index (χ0n) is 25.3. The summed E-state index contributed by atoms with van der Waals surface area (Å²) in [7, 11) is -3.63. The van der Waals surface area contributed by atoms with Crippen molar-refractivity contribution in [3.05, 3.63) is 6.33 Å². The molecule has 2 atom stereocenters. The van der Waals surface area contributed by atoms with Gasteiger partial charge in [-0.25, -0.2) is 15.2 Å². The summed E-state index contributed by atoms with van der Waals surface area (Å²) in [6.45, 7) is 8.67. The molecule has 2 aromatic heterocycles. The van der Waals surface area contributed by atoms with Crippen LogP contribution in [0.2, 0.25) is 0 Å². The molecule has 0 amide bonds. The highest BCUT2D eigenvalue weighted by Crippen LogP contribution is 2.38. The van der Waals surface area contributed by atoms with Crippen LogP contribution in [0.5, 0.6) is 0 Å². The second-order valence-corrected chi connectivity index (χ2v) is 12.7. The highest BCUT2D eigenvalue weighted by atomic mass is 31.2. The third-order valence-corrected chi connectivity index (χ3v) is 8.75. The van der Waals surface area contributed by atoms with E-state index in [9.17, 15) is 14.2 Å². The number of carbonyl (C=O) groups excluding carboxylic acids is 2. The van der Waals surface area contributed by atoms with Gasteiger partial charge in [0, 0.05) is 12.6 Å². The molecule has 1 fully saturated rings. The van der Waals surface area contributed by atoms with Gasteiger partial charge >= 0.3 is 11.9 Å². The fraction of sp³-hybridized carbons (Fsp3) is 0.750. The lowest BCUT2D eigenvalue weighted by Crippen LogP contribution is -2.44. The van der Waals surface area contributed by atoms with Gasteiger partial charge in [-0.15, -0.1) is 0 Å². The third-order valence-electron chi connectivity index (χ3n) is 6.75. The molecule has 14 nitrogen and oxygen atoms in total. The van der Waals surface area contributed by atoms with E-state index < -0.39 is 31.5 Å². The Kier molecular flexibility index (Phi) is 15.3. The monoisotopic (exact) mass is 626 g/mol. The van der Waals surface area contributed by atoms with Crippen molar-refractivity contribution in [3.8, 4) is 0 Å². The first-order valence-corrected chi connectivity index (χ1v) is 16.9. The van der Waals surface area contributed by atoms with Gasteiger partial charge in [-0.05, 0) is 38.5 Å². The number of hydrogen-bond donors (Lipinski definition) is 4. The van der Waals surface area contributed by atoms with E-state index in [1.54, 1.807) is 24.7 Å². The number of fused-ring (bicyclic) bond motifs is 1. The Morgan fingerprint density at radius 1 is 1.00 bits per heavy atom. The van der Waals surface area contributed by atoms with Gasteiger partial charge < -0.3 is 29.8 Å². The van der Waals surface area contributed by atoms with Crippen molar-refractivity contribution < 1.29 is 28.4 Å². The van der Waals surface area contributed by atoms with Gasteiger partial charge in [0.2, 0.25) is 13.4 Å². The number of nitrogen functional groups attached to an aromatic ring is 1. The number of aromatic nitrogens is 4. The van der Waals surface area contributed by atoms with Crippen LogP contribution < -0.4 is 21.2 Å². The van der Waals surface area contributed by atoms with Crippen LogP contribution in [0.25, 0.3) is 11.2 Å². The molecule has 2 unspecified atom stereocenters. The largest absolute Gasteiger partial charge is 0.465 e. The summed E-state index contributed by atoms with van der Waals surface area (Å²) < 4.78 is 32.6. The van der Waals surface area contributed by atoms with Crippen molar-refractivity contribution in [2.45, 2.75) is 111 Å². The van der Waals surface area contributed by atoms with E-state index in [1.807, 2.05) is 13.8 Å². The van der Waals surface area contributed by atoms with Gasteiger partial charge in [-0.2, -0.15) is 9.97 Å². The number of hydrogen-bond acceptors (Lipinski definition) is 11. The van der Waals surface area contributed by atoms with E-state index in [2.05, 4.69) is 30.4 Å². The molecule has 1 saturated carbocycles. The van der Waals surface area contributed by atoms with Gasteiger partial charge in [-0.3, -0.25) is 14.2 Å². The highest BCUT2D eigenvalue weighted by Gasteiger charge is 2.34. The lowest BCUT2D eigenvalue weighted by Gasteiger charge is -2.28. The average Bonchev–Trinajstić information content (AvgIpc) is 3.70. The zero-order valence-corrected chi connectivity index (χ0v) is 26.2. The van der Waals surface area contributed by atoms with Gasteiger partial charge in [0.1, 0.15) is 18.4 Å². The van der Waals surface area contributed by atoms with Crippen LogP contribution in [-0.4, -0.2) is 75.8 Å². The number of esters is 2. The number of nitrogens with zero attached hydrogens (tertiary/aromatic N) is 4. The van der Waals surface area contributed by atoms with E-state index in [0.29, 0.717) is 42.4 Å². The molecule has 3 rings (SSSR count). The molecule has 5 N–H and O–H groups in total.